The summed E-state index contributed by atoms with van der Waals surface area (Å²) in [5, 5.41) is 9.61. The second kappa shape index (κ2) is 5.59. The Morgan fingerprint density at radius 1 is 1.29 bits per heavy atom. The second-order valence-corrected chi connectivity index (χ2v) is 7.01. The number of nitrogens with zero attached hydrogens (tertiary/aromatic N) is 1. The molecule has 0 bridgehead atoms. The van der Waals surface area contributed by atoms with E-state index in [1.807, 2.05) is 11.8 Å². The normalized spacial score (nSPS) is 34.7. The van der Waals surface area contributed by atoms with E-state index in [2.05, 4.69) is 0 Å². The molecule has 21 heavy (non-hydrogen) atoms. The highest BCUT2D eigenvalue weighted by atomic mass is 16.5. The Kier molecular flexibility index (Phi) is 3.95. The topological polar surface area (TPSA) is 66.8 Å². The van der Waals surface area contributed by atoms with E-state index in [0.29, 0.717) is 19.0 Å². The molecule has 5 heteroatoms. The summed E-state index contributed by atoms with van der Waals surface area (Å²) in [6.45, 7) is 4.53. The first-order valence-electron chi connectivity index (χ1n) is 8.14. The molecule has 0 aromatic carbocycles. The Morgan fingerprint density at radius 2 is 2.00 bits per heavy atom. The van der Waals surface area contributed by atoms with Crippen LogP contribution in [0.2, 0.25) is 0 Å². The number of carbonyl (C=O) groups excluding carboxylic acids is 1. The van der Waals surface area contributed by atoms with Gasteiger partial charge in [-0.25, -0.2) is 0 Å². The maximum atomic E-state index is 12.7. The fourth-order valence-electron chi connectivity index (χ4n) is 4.51. The molecule has 2 aliphatic heterocycles. The standard InChI is InChI=1S/C16H25NO4/c1-11(12-4-7-21-8-5-12)14(18)17-9-13-3-2-6-16(13,10-17)15(19)20/h11-13H,2-10H2,1H3,(H,19,20)/t11?,13-,16+/m0/s1. The minimum atomic E-state index is -0.709. The van der Waals surface area contributed by atoms with Crippen LogP contribution in [0, 0.1) is 23.2 Å². The van der Waals surface area contributed by atoms with Crippen molar-refractivity contribution in [2.75, 3.05) is 26.3 Å². The van der Waals surface area contributed by atoms with Gasteiger partial charge in [-0.05, 0) is 37.5 Å². The fraction of sp³-hybridized carbons (Fsp3) is 0.875. The summed E-state index contributed by atoms with van der Waals surface area (Å²) >= 11 is 0. The molecule has 3 fully saturated rings. The lowest BCUT2D eigenvalue weighted by molar-refractivity contribution is -0.150. The summed E-state index contributed by atoms with van der Waals surface area (Å²) in [5.74, 6) is -0.0391. The number of fused-ring (bicyclic) bond motifs is 1. The van der Waals surface area contributed by atoms with E-state index >= 15 is 0 Å². The molecule has 0 aromatic heterocycles. The van der Waals surface area contributed by atoms with E-state index in [1.165, 1.54) is 0 Å². The molecule has 0 radical (unpaired) electrons. The van der Waals surface area contributed by atoms with E-state index in [-0.39, 0.29) is 17.7 Å². The molecule has 2 heterocycles. The molecular formula is C16H25NO4. The number of hydrogen-bond donors (Lipinski definition) is 1. The number of rotatable bonds is 3. The summed E-state index contributed by atoms with van der Waals surface area (Å²) in [4.78, 5) is 26.3. The number of carbonyl (C=O) groups is 2. The van der Waals surface area contributed by atoms with Crippen molar-refractivity contribution < 1.29 is 19.4 Å². The van der Waals surface area contributed by atoms with Crippen LogP contribution in [0.1, 0.15) is 39.0 Å². The molecule has 1 amide bonds. The number of likely N-dealkylation sites (tertiary alicyclic amines) is 1. The number of aliphatic carboxylic acids is 1. The quantitative estimate of drug-likeness (QED) is 0.861. The summed E-state index contributed by atoms with van der Waals surface area (Å²) in [6.07, 6.45) is 4.53. The van der Waals surface area contributed by atoms with E-state index < -0.39 is 11.4 Å². The Bertz CT molecular complexity index is 432. The zero-order valence-electron chi connectivity index (χ0n) is 12.7. The highest BCUT2D eigenvalue weighted by Gasteiger charge is 2.56. The first-order valence-corrected chi connectivity index (χ1v) is 8.14. The SMILES string of the molecule is CC(C(=O)N1C[C@@H]2CCC[C@@]2(C(=O)O)C1)C1CCOCC1. The van der Waals surface area contributed by atoms with Crippen molar-refractivity contribution in [3.05, 3.63) is 0 Å². The van der Waals surface area contributed by atoms with Gasteiger partial charge in [0.15, 0.2) is 0 Å². The van der Waals surface area contributed by atoms with Crippen molar-refractivity contribution >= 4 is 11.9 Å². The third-order valence-electron chi connectivity index (χ3n) is 5.97. The van der Waals surface area contributed by atoms with Crippen LogP contribution in [0.4, 0.5) is 0 Å². The summed E-state index contributed by atoms with van der Waals surface area (Å²) in [6, 6.07) is 0. The van der Waals surface area contributed by atoms with Gasteiger partial charge in [0.05, 0.1) is 5.41 Å². The van der Waals surface area contributed by atoms with Gasteiger partial charge in [0.2, 0.25) is 5.91 Å². The molecule has 1 saturated carbocycles. The minimum absolute atomic E-state index is 0.0152. The molecule has 0 aromatic rings. The molecule has 5 nitrogen and oxygen atoms in total. The monoisotopic (exact) mass is 295 g/mol. The van der Waals surface area contributed by atoms with Gasteiger partial charge in [-0.2, -0.15) is 0 Å². The molecule has 3 rings (SSSR count). The van der Waals surface area contributed by atoms with Gasteiger partial charge in [0.25, 0.3) is 0 Å². The van der Waals surface area contributed by atoms with Crippen molar-refractivity contribution in [3.63, 3.8) is 0 Å². The third-order valence-corrected chi connectivity index (χ3v) is 5.97. The van der Waals surface area contributed by atoms with Crippen molar-refractivity contribution in [1.29, 1.82) is 0 Å². The molecule has 1 aliphatic carbocycles. The minimum Gasteiger partial charge on any atom is -0.481 e. The first kappa shape index (κ1) is 14.8. The molecule has 3 aliphatic rings. The Balaban J connectivity index is 1.68. The predicted octanol–water partition coefficient (Wildman–Crippen LogP) is 1.76. The van der Waals surface area contributed by atoms with Gasteiger partial charge >= 0.3 is 5.97 Å². The van der Waals surface area contributed by atoms with Crippen LogP contribution >= 0.6 is 0 Å². The number of amides is 1. The molecule has 0 spiro atoms. The summed E-state index contributed by atoms with van der Waals surface area (Å²) < 4.78 is 5.36. The highest BCUT2D eigenvalue weighted by molar-refractivity contribution is 5.82. The van der Waals surface area contributed by atoms with Gasteiger partial charge in [0, 0.05) is 32.2 Å². The van der Waals surface area contributed by atoms with Gasteiger partial charge in [-0.3, -0.25) is 9.59 Å². The number of carboxylic acids is 1. The largest absolute Gasteiger partial charge is 0.481 e. The third kappa shape index (κ3) is 2.45. The maximum Gasteiger partial charge on any atom is 0.311 e. The lowest BCUT2D eigenvalue weighted by Gasteiger charge is -2.30. The Hall–Kier alpha value is -1.10. The van der Waals surface area contributed by atoms with Crippen LogP contribution in [-0.2, 0) is 14.3 Å². The summed E-state index contributed by atoms with van der Waals surface area (Å²) in [5.41, 5.74) is -0.662. The number of carboxylic acid groups (broad SMARTS) is 1. The molecule has 118 valence electrons. The zero-order valence-corrected chi connectivity index (χ0v) is 12.7. The Labute approximate surface area is 125 Å². The molecule has 1 N–H and O–H groups in total. The second-order valence-electron chi connectivity index (χ2n) is 7.01. The van der Waals surface area contributed by atoms with Crippen molar-refractivity contribution in [3.8, 4) is 0 Å². The van der Waals surface area contributed by atoms with Crippen LogP contribution in [0.15, 0.2) is 0 Å². The highest BCUT2D eigenvalue weighted by Crippen LogP contribution is 2.49. The van der Waals surface area contributed by atoms with E-state index in [1.54, 1.807) is 0 Å². The fourth-order valence-corrected chi connectivity index (χ4v) is 4.51. The lowest BCUT2D eigenvalue weighted by atomic mass is 9.81. The van der Waals surface area contributed by atoms with Crippen LogP contribution in [0.3, 0.4) is 0 Å². The molecular weight excluding hydrogens is 270 g/mol. The van der Waals surface area contributed by atoms with E-state index in [0.717, 1.165) is 45.3 Å². The van der Waals surface area contributed by atoms with Crippen molar-refractivity contribution in [2.45, 2.75) is 39.0 Å². The predicted molar refractivity (Wildman–Crippen MR) is 76.7 cm³/mol. The first-order chi connectivity index (χ1) is 10.0. The van der Waals surface area contributed by atoms with Crippen molar-refractivity contribution in [1.82, 2.24) is 4.90 Å². The maximum absolute atomic E-state index is 12.7. The smallest absolute Gasteiger partial charge is 0.311 e. The summed E-state index contributed by atoms with van der Waals surface area (Å²) in [7, 11) is 0. The van der Waals surface area contributed by atoms with Crippen LogP contribution < -0.4 is 0 Å². The average Bonchev–Trinajstić information content (AvgIpc) is 3.04. The molecule has 3 atom stereocenters. The molecule has 1 unspecified atom stereocenters. The Morgan fingerprint density at radius 3 is 2.62 bits per heavy atom. The van der Waals surface area contributed by atoms with Gasteiger partial charge in [-0.15, -0.1) is 0 Å². The van der Waals surface area contributed by atoms with Gasteiger partial charge in [0.1, 0.15) is 0 Å². The van der Waals surface area contributed by atoms with E-state index in [4.69, 9.17) is 4.74 Å². The average molecular weight is 295 g/mol. The molecule has 2 saturated heterocycles. The van der Waals surface area contributed by atoms with Crippen LogP contribution in [-0.4, -0.2) is 48.2 Å². The zero-order chi connectivity index (χ0) is 15.0. The van der Waals surface area contributed by atoms with Gasteiger partial charge < -0.3 is 14.7 Å². The van der Waals surface area contributed by atoms with Crippen LogP contribution in [0.5, 0.6) is 0 Å². The van der Waals surface area contributed by atoms with E-state index in [9.17, 15) is 14.7 Å². The van der Waals surface area contributed by atoms with Crippen molar-refractivity contribution in [2.24, 2.45) is 23.2 Å². The van der Waals surface area contributed by atoms with Crippen LogP contribution in [0.25, 0.3) is 0 Å². The number of ether oxygens (including phenoxy) is 1. The number of hydrogen-bond acceptors (Lipinski definition) is 3. The van der Waals surface area contributed by atoms with Gasteiger partial charge in [-0.1, -0.05) is 13.3 Å². The lowest BCUT2D eigenvalue weighted by Crippen LogP contribution is -2.41.